The van der Waals surface area contributed by atoms with Crippen molar-refractivity contribution in [2.75, 3.05) is 46.4 Å². The predicted octanol–water partition coefficient (Wildman–Crippen LogP) is 3.16. The van der Waals surface area contributed by atoms with E-state index < -0.39 is 23.7 Å². The van der Waals surface area contributed by atoms with Crippen LogP contribution in [-0.4, -0.2) is 102 Å². The van der Waals surface area contributed by atoms with Gasteiger partial charge in [0.2, 0.25) is 17.7 Å². The molecule has 0 bridgehead atoms. The molecule has 0 saturated carbocycles. The van der Waals surface area contributed by atoms with Crippen LogP contribution in [0.3, 0.4) is 0 Å². The van der Waals surface area contributed by atoms with Gasteiger partial charge in [-0.3, -0.25) is 24.1 Å². The number of nitrogens with one attached hydrogen (secondary N) is 2. The number of alkyl halides is 1. The van der Waals surface area contributed by atoms with Crippen LogP contribution in [0.4, 0.5) is 4.39 Å². The number of carbonyl (C=O) groups excluding carboxylic acids is 4. The third kappa shape index (κ3) is 7.77. The molecule has 0 unspecified atom stereocenters. The van der Waals surface area contributed by atoms with Crippen molar-refractivity contribution >= 4 is 23.6 Å². The van der Waals surface area contributed by atoms with Crippen molar-refractivity contribution in [1.29, 1.82) is 0 Å². The van der Waals surface area contributed by atoms with Gasteiger partial charge in [-0.2, -0.15) is 0 Å². The molecule has 11 heteroatoms. The summed E-state index contributed by atoms with van der Waals surface area (Å²) in [4.78, 5) is 59.7. The van der Waals surface area contributed by atoms with E-state index in [0.717, 1.165) is 37.4 Å². The van der Waals surface area contributed by atoms with E-state index >= 15 is 0 Å². The number of piperidine rings is 2. The molecule has 4 heterocycles. The summed E-state index contributed by atoms with van der Waals surface area (Å²) in [6.45, 7) is 3.45. The van der Waals surface area contributed by atoms with Crippen molar-refractivity contribution < 1.29 is 28.3 Å². The number of nitrogens with zero attached hydrogens (tertiary/aromatic N) is 3. The first-order chi connectivity index (χ1) is 22.7. The molecule has 0 aromatic heterocycles. The lowest BCUT2D eigenvalue weighted by atomic mass is 9.80. The Morgan fingerprint density at radius 2 is 1.77 bits per heavy atom. The minimum Gasteiger partial charge on any atom is -0.497 e. The largest absolute Gasteiger partial charge is 0.497 e. The quantitative estimate of drug-likeness (QED) is 0.528. The zero-order valence-electron chi connectivity index (χ0n) is 27.2. The van der Waals surface area contributed by atoms with E-state index in [1.807, 2.05) is 36.4 Å². The zero-order valence-corrected chi connectivity index (χ0v) is 27.2. The van der Waals surface area contributed by atoms with Crippen LogP contribution in [-0.2, 0) is 20.9 Å². The maximum atomic E-state index is 14.9. The summed E-state index contributed by atoms with van der Waals surface area (Å²) in [5.74, 6) is 0.185. The van der Waals surface area contributed by atoms with Gasteiger partial charge in [-0.15, -0.1) is 0 Å². The number of benzene rings is 2. The van der Waals surface area contributed by atoms with Gasteiger partial charge >= 0.3 is 0 Å². The Balaban J connectivity index is 1.18. The molecule has 4 aliphatic rings. The molecule has 1 spiro atoms. The average molecular weight is 648 g/mol. The first-order valence-electron chi connectivity index (χ1n) is 16.9. The lowest BCUT2D eigenvalue weighted by Gasteiger charge is -2.43. The molecule has 6 rings (SSSR count). The number of rotatable bonds is 4. The fourth-order valence-electron chi connectivity index (χ4n) is 7.93. The molecular formula is C36H46FN5O5. The van der Waals surface area contributed by atoms with Crippen LogP contribution >= 0.6 is 0 Å². The van der Waals surface area contributed by atoms with E-state index in [9.17, 15) is 23.6 Å². The normalized spacial score (nSPS) is 27.3. The van der Waals surface area contributed by atoms with Crippen LogP contribution in [0, 0.1) is 11.8 Å². The highest BCUT2D eigenvalue weighted by Gasteiger charge is 2.46. The lowest BCUT2D eigenvalue weighted by molar-refractivity contribution is -0.141. The van der Waals surface area contributed by atoms with Gasteiger partial charge < -0.3 is 25.2 Å². The summed E-state index contributed by atoms with van der Waals surface area (Å²) in [6.07, 6.45) is 1.26. The van der Waals surface area contributed by atoms with Crippen LogP contribution in [0.15, 0.2) is 54.6 Å². The minimum atomic E-state index is -1.28. The summed E-state index contributed by atoms with van der Waals surface area (Å²) in [6, 6.07) is 16.1. The molecule has 2 aromatic rings. The number of methoxy groups -OCH3 is 1. The Morgan fingerprint density at radius 1 is 0.979 bits per heavy atom. The third-order valence-electron chi connectivity index (χ3n) is 10.6. The minimum absolute atomic E-state index is 0.0547. The zero-order chi connectivity index (χ0) is 33.0. The maximum Gasteiger partial charge on any atom is 0.253 e. The van der Waals surface area contributed by atoms with Crippen LogP contribution in [0.5, 0.6) is 5.75 Å². The molecular weight excluding hydrogens is 601 g/mol. The van der Waals surface area contributed by atoms with E-state index in [1.54, 1.807) is 24.1 Å². The highest BCUT2D eigenvalue weighted by Crippen LogP contribution is 2.34. The van der Waals surface area contributed by atoms with Gasteiger partial charge in [-0.25, -0.2) is 4.39 Å². The molecule has 4 fully saturated rings. The fraction of sp³-hybridized carbons (Fsp3) is 0.556. The van der Waals surface area contributed by atoms with Crippen molar-refractivity contribution in [1.82, 2.24) is 25.3 Å². The predicted molar refractivity (Wildman–Crippen MR) is 174 cm³/mol. The van der Waals surface area contributed by atoms with Crippen LogP contribution in [0.1, 0.15) is 60.9 Å². The van der Waals surface area contributed by atoms with E-state index in [1.165, 1.54) is 4.90 Å². The number of hydrogen-bond acceptors (Lipinski definition) is 6. The highest BCUT2D eigenvalue weighted by molar-refractivity contribution is 5.94. The van der Waals surface area contributed by atoms with Crippen LogP contribution < -0.4 is 15.4 Å². The van der Waals surface area contributed by atoms with E-state index in [4.69, 9.17) is 4.74 Å². The van der Waals surface area contributed by atoms with Gasteiger partial charge in [0.1, 0.15) is 18.0 Å². The van der Waals surface area contributed by atoms with Crippen LogP contribution in [0.2, 0.25) is 0 Å². The van der Waals surface area contributed by atoms with E-state index in [0.29, 0.717) is 44.5 Å². The standard InChI is InChI=1S/C36H46FN5O5/c1-47-30-9-5-6-25(18-30)22-40-15-11-27-19-33(44)42-24-29(37)20-31(42)34(45)39-36(21-32(43)38-14-10-28(27)23-40)12-16-41(17-13-36)35(46)26-7-3-2-4-8-26/h2-9,18,27-29,31H,10-17,19-24H2,1H3,(H,38,43)(H,39,45)/t27-,28-,29-,31-/m0/s1. The number of fused-ring (bicyclic) bond motifs is 2. The van der Waals surface area contributed by atoms with Crippen molar-refractivity contribution in [2.24, 2.45) is 11.8 Å². The number of amides is 4. The number of carbonyl (C=O) groups is 4. The Morgan fingerprint density at radius 3 is 2.53 bits per heavy atom. The summed E-state index contributed by atoms with van der Waals surface area (Å²) < 4.78 is 20.3. The summed E-state index contributed by atoms with van der Waals surface area (Å²) in [7, 11) is 1.66. The van der Waals surface area contributed by atoms with Gasteiger partial charge in [0.05, 0.1) is 19.2 Å². The molecule has 2 aromatic carbocycles. The fourth-order valence-corrected chi connectivity index (χ4v) is 7.93. The van der Waals surface area contributed by atoms with Crippen molar-refractivity contribution in [3.05, 3.63) is 65.7 Å². The first kappa shape index (κ1) is 32.9. The van der Waals surface area contributed by atoms with Crippen molar-refractivity contribution in [3.8, 4) is 5.75 Å². The second kappa shape index (κ2) is 14.4. The molecule has 2 N–H and O–H groups in total. The molecule has 4 atom stereocenters. The Kier molecular flexibility index (Phi) is 10.1. The monoisotopic (exact) mass is 647 g/mol. The molecule has 4 aliphatic heterocycles. The van der Waals surface area contributed by atoms with Crippen LogP contribution in [0.25, 0.3) is 0 Å². The number of likely N-dealkylation sites (tertiary alicyclic amines) is 2. The first-order valence-corrected chi connectivity index (χ1v) is 16.9. The second-order valence-electron chi connectivity index (χ2n) is 13.7. The van der Waals surface area contributed by atoms with Gasteiger partial charge in [-0.05, 0) is 73.9 Å². The van der Waals surface area contributed by atoms with Crippen molar-refractivity contribution in [3.63, 3.8) is 0 Å². The number of halogens is 1. The van der Waals surface area contributed by atoms with E-state index in [-0.39, 0.29) is 55.4 Å². The van der Waals surface area contributed by atoms with Gasteiger partial charge in [0.25, 0.3) is 5.91 Å². The molecule has 0 aliphatic carbocycles. The molecule has 4 amide bonds. The second-order valence-corrected chi connectivity index (χ2v) is 13.7. The van der Waals surface area contributed by atoms with E-state index in [2.05, 4.69) is 21.6 Å². The smallest absolute Gasteiger partial charge is 0.253 e. The number of ether oxygens (including phenoxy) is 1. The highest BCUT2D eigenvalue weighted by atomic mass is 19.1. The van der Waals surface area contributed by atoms with Gasteiger partial charge in [-0.1, -0.05) is 30.3 Å². The van der Waals surface area contributed by atoms with Gasteiger partial charge in [0, 0.05) is 57.5 Å². The number of hydrogen-bond donors (Lipinski definition) is 2. The van der Waals surface area contributed by atoms with Gasteiger partial charge in [0.15, 0.2) is 0 Å². The third-order valence-corrected chi connectivity index (χ3v) is 10.6. The summed E-state index contributed by atoms with van der Waals surface area (Å²) in [5, 5.41) is 6.21. The molecule has 10 nitrogen and oxygen atoms in total. The average Bonchev–Trinajstić information content (AvgIpc) is 3.48. The lowest BCUT2D eigenvalue weighted by Crippen LogP contribution is -2.61. The Bertz CT molecular complexity index is 1450. The Labute approximate surface area is 276 Å². The topological polar surface area (TPSA) is 111 Å². The molecule has 47 heavy (non-hydrogen) atoms. The summed E-state index contributed by atoms with van der Waals surface area (Å²) in [5.41, 5.74) is 0.839. The molecule has 0 radical (unpaired) electrons. The molecule has 4 saturated heterocycles. The molecule has 252 valence electrons. The SMILES string of the molecule is COc1cccc(CN2CC[C@H]3CC(=O)N4C[C@@H](F)C[C@H]4C(=O)NC4(CCN(C(=O)c5ccccc5)CC4)CC(=O)NCC[C@H]3C2)c1. The maximum absolute atomic E-state index is 14.9. The Hall–Kier alpha value is -3.99. The summed E-state index contributed by atoms with van der Waals surface area (Å²) >= 11 is 0. The van der Waals surface area contributed by atoms with Crippen molar-refractivity contribution in [2.45, 2.75) is 69.2 Å².